The van der Waals surface area contributed by atoms with Crippen LogP contribution in [0.2, 0.25) is 0 Å². The molecule has 0 aliphatic rings. The number of hydrogen-bond donors (Lipinski definition) is 1. The van der Waals surface area contributed by atoms with Crippen LogP contribution in [0.5, 0.6) is 0 Å². The van der Waals surface area contributed by atoms with Crippen molar-refractivity contribution < 1.29 is 39.5 Å². The molecule has 0 aliphatic heterocycles. The van der Waals surface area contributed by atoms with Gasteiger partial charge < -0.3 is 5.32 Å². The summed E-state index contributed by atoms with van der Waals surface area (Å²) in [5.74, 6) is -0.857. The van der Waals surface area contributed by atoms with Gasteiger partial charge in [0.15, 0.2) is 5.69 Å². The Morgan fingerprint density at radius 1 is 0.967 bits per heavy atom. The van der Waals surface area contributed by atoms with Gasteiger partial charge in [0, 0.05) is 12.6 Å². The zero-order valence-corrected chi connectivity index (χ0v) is 16.3. The lowest BCUT2D eigenvalue weighted by atomic mass is 10.1. The monoisotopic (exact) mass is 511 g/mol. The Hall–Kier alpha value is -2.25. The summed E-state index contributed by atoms with van der Waals surface area (Å²) in [6, 6.07) is 0.305. The predicted molar refractivity (Wildman–Crippen MR) is 91.2 cm³/mol. The van der Waals surface area contributed by atoms with Crippen molar-refractivity contribution in [3.63, 3.8) is 0 Å². The molecule has 2 aromatic rings. The van der Waals surface area contributed by atoms with Crippen molar-refractivity contribution in [1.82, 2.24) is 9.55 Å². The molecule has 4 nitrogen and oxygen atoms in total. The average Bonchev–Trinajstić information content (AvgIpc) is 2.56. The average molecular weight is 512 g/mol. The molecule has 1 aromatic heterocycles. The lowest BCUT2D eigenvalue weighted by molar-refractivity contribution is -0.143. The maximum absolute atomic E-state index is 13.2. The number of rotatable bonds is 4. The van der Waals surface area contributed by atoms with Crippen LogP contribution in [0.3, 0.4) is 0 Å². The van der Waals surface area contributed by atoms with Crippen LogP contribution in [0.25, 0.3) is 0 Å². The normalized spacial score (nSPS) is 12.9. The summed E-state index contributed by atoms with van der Waals surface area (Å²) in [6.45, 7) is 1.37. The number of alkyl halides is 9. The zero-order chi connectivity index (χ0) is 23.1. The van der Waals surface area contributed by atoms with Crippen LogP contribution in [0.1, 0.15) is 30.2 Å². The molecule has 0 saturated carbocycles. The van der Waals surface area contributed by atoms with E-state index in [0.29, 0.717) is 4.57 Å². The van der Waals surface area contributed by atoms with Crippen molar-refractivity contribution in [1.29, 1.82) is 0 Å². The van der Waals surface area contributed by atoms with Gasteiger partial charge in [-0.1, -0.05) is 6.92 Å². The SMILES string of the molecule is CCCn1c(Nc2cc(C(F)(F)F)cc(C(F)(F)F)c2Br)nc(C(F)(F)F)cc1=O. The van der Waals surface area contributed by atoms with Gasteiger partial charge in [-0.2, -0.15) is 39.5 Å². The second-order valence-corrected chi connectivity index (χ2v) is 6.75. The van der Waals surface area contributed by atoms with Gasteiger partial charge in [0.2, 0.25) is 5.95 Å². The van der Waals surface area contributed by atoms with E-state index in [1.807, 2.05) is 5.32 Å². The summed E-state index contributed by atoms with van der Waals surface area (Å²) < 4.78 is 117. The Labute approximate surface area is 170 Å². The van der Waals surface area contributed by atoms with Gasteiger partial charge in [-0.25, -0.2) is 4.98 Å². The van der Waals surface area contributed by atoms with Gasteiger partial charge >= 0.3 is 18.5 Å². The lowest BCUT2D eigenvalue weighted by Crippen LogP contribution is -2.27. The Morgan fingerprint density at radius 2 is 1.57 bits per heavy atom. The molecule has 0 atom stereocenters. The third kappa shape index (κ3) is 5.26. The van der Waals surface area contributed by atoms with Crippen LogP contribution >= 0.6 is 15.9 Å². The summed E-state index contributed by atoms with van der Waals surface area (Å²) >= 11 is 2.53. The third-order valence-corrected chi connectivity index (χ3v) is 4.55. The molecule has 0 bridgehead atoms. The standard InChI is InChI=1S/C16H11BrF9N3O/c1-2-3-29-11(30)6-10(16(24,25)26)28-13(29)27-9-5-7(14(18,19)20)4-8(12(9)17)15(21,22)23/h4-6H,2-3H2,1H3,(H,27,28). The van der Waals surface area contributed by atoms with E-state index in [2.05, 4.69) is 20.9 Å². The topological polar surface area (TPSA) is 46.9 Å². The highest BCUT2D eigenvalue weighted by atomic mass is 79.9. The molecule has 1 heterocycles. The number of anilines is 2. The van der Waals surface area contributed by atoms with E-state index in [1.54, 1.807) is 6.92 Å². The molecule has 2 rings (SSSR count). The fourth-order valence-corrected chi connectivity index (χ4v) is 2.94. The first-order chi connectivity index (χ1) is 13.6. The van der Waals surface area contributed by atoms with E-state index >= 15 is 0 Å². The minimum atomic E-state index is -5.21. The Bertz CT molecular complexity index is 994. The fourth-order valence-electron chi connectivity index (χ4n) is 2.39. The van der Waals surface area contributed by atoms with E-state index in [1.165, 1.54) is 0 Å². The van der Waals surface area contributed by atoms with E-state index in [9.17, 15) is 44.3 Å². The highest BCUT2D eigenvalue weighted by Gasteiger charge is 2.39. The van der Waals surface area contributed by atoms with Crippen molar-refractivity contribution in [2.45, 2.75) is 38.4 Å². The molecule has 0 fully saturated rings. The summed E-state index contributed by atoms with van der Waals surface area (Å²) in [5, 5.41) is 2.01. The smallest absolute Gasteiger partial charge is 0.324 e. The van der Waals surface area contributed by atoms with Gasteiger partial charge in [-0.05, 0) is 34.5 Å². The molecule has 0 amide bonds. The first-order valence-electron chi connectivity index (χ1n) is 7.99. The molecule has 166 valence electrons. The lowest BCUT2D eigenvalue weighted by Gasteiger charge is -2.20. The van der Waals surface area contributed by atoms with Gasteiger partial charge in [0.05, 0.1) is 21.3 Å². The van der Waals surface area contributed by atoms with Crippen LogP contribution in [-0.2, 0) is 25.1 Å². The van der Waals surface area contributed by atoms with Crippen LogP contribution in [0, 0.1) is 0 Å². The zero-order valence-electron chi connectivity index (χ0n) is 14.7. The van der Waals surface area contributed by atoms with Crippen molar-refractivity contribution in [2.75, 3.05) is 5.32 Å². The van der Waals surface area contributed by atoms with Gasteiger partial charge in [-0.15, -0.1) is 0 Å². The maximum Gasteiger partial charge on any atom is 0.433 e. The molecular formula is C16H11BrF9N3O. The number of nitrogens with zero attached hydrogens (tertiary/aromatic N) is 2. The van der Waals surface area contributed by atoms with Crippen LogP contribution in [0.4, 0.5) is 51.1 Å². The Kier molecular flexibility index (Phi) is 6.50. The largest absolute Gasteiger partial charge is 0.433 e. The summed E-state index contributed by atoms with van der Waals surface area (Å²) in [4.78, 5) is 15.2. The minimum Gasteiger partial charge on any atom is -0.324 e. The summed E-state index contributed by atoms with van der Waals surface area (Å²) in [6.07, 6.45) is -15.2. The molecule has 0 saturated heterocycles. The van der Waals surface area contributed by atoms with Crippen LogP contribution < -0.4 is 10.9 Å². The number of halogens is 10. The molecule has 1 N–H and O–H groups in total. The highest BCUT2D eigenvalue weighted by Crippen LogP contribution is 2.43. The second kappa shape index (κ2) is 8.12. The first-order valence-corrected chi connectivity index (χ1v) is 8.79. The highest BCUT2D eigenvalue weighted by molar-refractivity contribution is 9.10. The Balaban J connectivity index is 2.75. The number of nitrogens with one attached hydrogen (secondary N) is 1. The van der Waals surface area contributed by atoms with Crippen LogP contribution in [0.15, 0.2) is 27.5 Å². The summed E-state index contributed by atoms with van der Waals surface area (Å²) in [7, 11) is 0. The second-order valence-electron chi connectivity index (χ2n) is 5.96. The minimum absolute atomic E-state index is 0.145. The van der Waals surface area contributed by atoms with Crippen molar-refractivity contribution in [2.24, 2.45) is 0 Å². The molecule has 0 aliphatic carbocycles. The molecular weight excluding hydrogens is 501 g/mol. The predicted octanol–water partition coefficient (Wildman–Crippen LogP) is 6.22. The fraction of sp³-hybridized carbons (Fsp3) is 0.375. The third-order valence-electron chi connectivity index (χ3n) is 3.70. The number of benzene rings is 1. The van der Waals surface area contributed by atoms with Gasteiger partial charge in [-0.3, -0.25) is 9.36 Å². The van der Waals surface area contributed by atoms with Crippen LogP contribution in [-0.4, -0.2) is 9.55 Å². The van der Waals surface area contributed by atoms with Crippen molar-refractivity contribution in [3.8, 4) is 0 Å². The molecule has 14 heteroatoms. The van der Waals surface area contributed by atoms with E-state index in [4.69, 9.17) is 0 Å². The summed E-state index contributed by atoms with van der Waals surface area (Å²) in [5.41, 5.74) is -7.11. The van der Waals surface area contributed by atoms with Crippen molar-refractivity contribution in [3.05, 3.63) is 49.8 Å². The van der Waals surface area contributed by atoms with E-state index in [0.717, 1.165) is 0 Å². The Morgan fingerprint density at radius 3 is 2.03 bits per heavy atom. The molecule has 1 aromatic carbocycles. The first kappa shape index (κ1) is 24.0. The maximum atomic E-state index is 13.2. The van der Waals surface area contributed by atoms with Gasteiger partial charge in [0.25, 0.3) is 5.56 Å². The van der Waals surface area contributed by atoms with E-state index < -0.39 is 57.0 Å². The molecule has 0 radical (unpaired) electrons. The molecule has 0 spiro atoms. The molecule has 30 heavy (non-hydrogen) atoms. The van der Waals surface area contributed by atoms with Gasteiger partial charge in [0.1, 0.15) is 0 Å². The number of aromatic nitrogens is 2. The van der Waals surface area contributed by atoms with E-state index in [-0.39, 0.29) is 31.2 Å². The van der Waals surface area contributed by atoms with Crippen molar-refractivity contribution >= 4 is 27.6 Å². The quantitative estimate of drug-likeness (QED) is 0.496. The number of hydrogen-bond acceptors (Lipinski definition) is 3. The molecule has 0 unspecified atom stereocenters.